The van der Waals surface area contributed by atoms with Crippen molar-refractivity contribution in [3.8, 4) is 9.88 Å². The normalized spacial score (nSPS) is 10.4. The Balaban J connectivity index is 2.35. The SMILES string of the molecule is ClCc1csc(-c2cncs2)n1. The lowest BCUT2D eigenvalue weighted by Crippen LogP contribution is -1.75. The summed E-state index contributed by atoms with van der Waals surface area (Å²) in [6, 6.07) is 0. The average molecular weight is 217 g/mol. The number of alkyl halides is 1. The fraction of sp³-hybridized carbons (Fsp3) is 0.143. The average Bonchev–Trinajstić information content (AvgIpc) is 2.75. The van der Waals surface area contributed by atoms with Crippen LogP contribution in [0.25, 0.3) is 9.88 Å². The summed E-state index contributed by atoms with van der Waals surface area (Å²) in [6.45, 7) is 0. The van der Waals surface area contributed by atoms with E-state index in [9.17, 15) is 0 Å². The van der Waals surface area contributed by atoms with E-state index in [0.717, 1.165) is 15.6 Å². The monoisotopic (exact) mass is 216 g/mol. The summed E-state index contributed by atoms with van der Waals surface area (Å²) in [7, 11) is 0. The second-order valence-corrected chi connectivity index (χ2v) is 4.16. The quantitative estimate of drug-likeness (QED) is 0.722. The van der Waals surface area contributed by atoms with Crippen LogP contribution >= 0.6 is 34.3 Å². The molecule has 5 heteroatoms. The van der Waals surface area contributed by atoms with Gasteiger partial charge in [-0.15, -0.1) is 34.3 Å². The molecule has 2 aromatic rings. The molecule has 0 radical (unpaired) electrons. The fourth-order valence-corrected chi connectivity index (χ4v) is 2.55. The highest BCUT2D eigenvalue weighted by Gasteiger charge is 2.04. The van der Waals surface area contributed by atoms with Crippen LogP contribution in [0.1, 0.15) is 5.69 Å². The zero-order chi connectivity index (χ0) is 8.39. The number of halogens is 1. The van der Waals surface area contributed by atoms with Crippen LogP contribution in [0.4, 0.5) is 0 Å². The molecule has 2 aromatic heterocycles. The van der Waals surface area contributed by atoms with E-state index in [-0.39, 0.29) is 0 Å². The van der Waals surface area contributed by atoms with E-state index < -0.39 is 0 Å². The zero-order valence-electron chi connectivity index (χ0n) is 6.03. The Bertz CT molecular complexity index is 355. The van der Waals surface area contributed by atoms with Crippen molar-refractivity contribution in [1.29, 1.82) is 0 Å². The maximum Gasteiger partial charge on any atom is 0.135 e. The summed E-state index contributed by atoms with van der Waals surface area (Å²) in [5.74, 6) is 0.481. The van der Waals surface area contributed by atoms with Crippen LogP contribution < -0.4 is 0 Å². The van der Waals surface area contributed by atoms with E-state index >= 15 is 0 Å². The van der Waals surface area contributed by atoms with Crippen molar-refractivity contribution in [3.63, 3.8) is 0 Å². The Morgan fingerprint density at radius 3 is 2.92 bits per heavy atom. The molecule has 12 heavy (non-hydrogen) atoms. The fourth-order valence-electron chi connectivity index (χ4n) is 0.803. The van der Waals surface area contributed by atoms with Gasteiger partial charge in [0.15, 0.2) is 0 Å². The van der Waals surface area contributed by atoms with Crippen LogP contribution in [0.2, 0.25) is 0 Å². The molecule has 0 fully saturated rings. The van der Waals surface area contributed by atoms with Crippen molar-refractivity contribution in [1.82, 2.24) is 9.97 Å². The second kappa shape index (κ2) is 3.51. The lowest BCUT2D eigenvalue weighted by molar-refractivity contribution is 1.23. The number of thiazole rings is 2. The first-order chi connectivity index (χ1) is 5.90. The van der Waals surface area contributed by atoms with Crippen molar-refractivity contribution in [3.05, 3.63) is 22.8 Å². The van der Waals surface area contributed by atoms with Gasteiger partial charge in [0.25, 0.3) is 0 Å². The van der Waals surface area contributed by atoms with E-state index in [1.165, 1.54) is 0 Å². The molecule has 0 N–H and O–H groups in total. The predicted molar refractivity (Wildman–Crippen MR) is 52.8 cm³/mol. The van der Waals surface area contributed by atoms with Crippen LogP contribution in [0, 0.1) is 0 Å². The summed E-state index contributed by atoms with van der Waals surface area (Å²) in [5.41, 5.74) is 2.74. The molecule has 0 amide bonds. The first kappa shape index (κ1) is 8.16. The molecule has 0 saturated heterocycles. The Kier molecular flexibility index (Phi) is 2.39. The topological polar surface area (TPSA) is 25.8 Å². The Hall–Kier alpha value is -0.450. The van der Waals surface area contributed by atoms with Crippen LogP contribution in [0.3, 0.4) is 0 Å². The highest BCUT2D eigenvalue weighted by atomic mass is 35.5. The molecular weight excluding hydrogens is 212 g/mol. The van der Waals surface area contributed by atoms with Gasteiger partial charge in [-0.2, -0.15) is 0 Å². The van der Waals surface area contributed by atoms with Crippen molar-refractivity contribution in [2.24, 2.45) is 0 Å². The van der Waals surface area contributed by atoms with Gasteiger partial charge in [0.05, 0.1) is 22.0 Å². The van der Waals surface area contributed by atoms with Gasteiger partial charge in [-0.3, -0.25) is 4.98 Å². The molecular formula is C7H5ClN2S2. The third-order valence-electron chi connectivity index (χ3n) is 1.33. The molecule has 0 atom stereocenters. The zero-order valence-corrected chi connectivity index (χ0v) is 8.42. The summed E-state index contributed by atoms with van der Waals surface area (Å²) in [4.78, 5) is 9.42. The molecule has 0 aliphatic rings. The molecule has 0 spiro atoms. The molecule has 2 heterocycles. The smallest absolute Gasteiger partial charge is 0.135 e. The Morgan fingerprint density at radius 2 is 2.33 bits per heavy atom. The maximum atomic E-state index is 5.63. The van der Waals surface area contributed by atoms with E-state index in [2.05, 4.69) is 9.97 Å². The highest BCUT2D eigenvalue weighted by molar-refractivity contribution is 7.19. The second-order valence-electron chi connectivity index (χ2n) is 2.14. The highest BCUT2D eigenvalue weighted by Crippen LogP contribution is 2.26. The molecule has 0 aliphatic carbocycles. The molecule has 0 aromatic carbocycles. The lowest BCUT2D eigenvalue weighted by Gasteiger charge is -1.84. The minimum absolute atomic E-state index is 0.481. The van der Waals surface area contributed by atoms with Crippen LogP contribution in [-0.2, 0) is 5.88 Å². The number of nitrogens with zero attached hydrogens (tertiary/aromatic N) is 2. The maximum absolute atomic E-state index is 5.63. The van der Waals surface area contributed by atoms with Gasteiger partial charge in [-0.1, -0.05) is 0 Å². The van der Waals surface area contributed by atoms with Gasteiger partial charge in [0.2, 0.25) is 0 Å². The van der Waals surface area contributed by atoms with Gasteiger partial charge >= 0.3 is 0 Å². The van der Waals surface area contributed by atoms with Gasteiger partial charge in [-0.05, 0) is 0 Å². The number of rotatable bonds is 2. The lowest BCUT2D eigenvalue weighted by atomic mass is 10.5. The molecule has 62 valence electrons. The predicted octanol–water partition coefficient (Wildman–Crippen LogP) is 3.01. The van der Waals surface area contributed by atoms with Crippen molar-refractivity contribution < 1.29 is 0 Å². The first-order valence-electron chi connectivity index (χ1n) is 3.29. The van der Waals surface area contributed by atoms with E-state index in [0.29, 0.717) is 5.88 Å². The molecule has 2 rings (SSSR count). The molecule has 0 aliphatic heterocycles. The molecule has 0 bridgehead atoms. The largest absolute Gasteiger partial charge is 0.252 e. The van der Waals surface area contributed by atoms with Crippen molar-refractivity contribution in [2.45, 2.75) is 5.88 Å². The van der Waals surface area contributed by atoms with Crippen LogP contribution in [0.15, 0.2) is 17.1 Å². The Morgan fingerprint density at radius 1 is 1.42 bits per heavy atom. The van der Waals surface area contributed by atoms with Crippen molar-refractivity contribution >= 4 is 34.3 Å². The molecule has 2 nitrogen and oxygen atoms in total. The standard InChI is InChI=1S/C7H5ClN2S2/c8-1-5-3-11-7(10-5)6-2-9-4-12-6/h2-4H,1H2. The van der Waals surface area contributed by atoms with Gasteiger partial charge in [0.1, 0.15) is 5.01 Å². The van der Waals surface area contributed by atoms with Crippen molar-refractivity contribution in [2.75, 3.05) is 0 Å². The number of aromatic nitrogens is 2. The molecule has 0 unspecified atom stereocenters. The summed E-state index contributed by atoms with van der Waals surface area (Å²) in [5, 5.41) is 2.98. The number of hydrogen-bond acceptors (Lipinski definition) is 4. The summed E-state index contributed by atoms with van der Waals surface area (Å²) < 4.78 is 0. The van der Waals surface area contributed by atoms with Crippen LogP contribution in [0.5, 0.6) is 0 Å². The first-order valence-corrected chi connectivity index (χ1v) is 5.59. The van der Waals surface area contributed by atoms with E-state index in [1.807, 2.05) is 11.6 Å². The number of hydrogen-bond donors (Lipinski definition) is 0. The minimum atomic E-state index is 0.481. The van der Waals surface area contributed by atoms with E-state index in [1.54, 1.807) is 28.2 Å². The summed E-state index contributed by atoms with van der Waals surface area (Å²) in [6.07, 6.45) is 1.82. The summed E-state index contributed by atoms with van der Waals surface area (Å²) >= 11 is 8.83. The van der Waals surface area contributed by atoms with Gasteiger partial charge in [-0.25, -0.2) is 4.98 Å². The van der Waals surface area contributed by atoms with Crippen LogP contribution in [-0.4, -0.2) is 9.97 Å². The third-order valence-corrected chi connectivity index (χ3v) is 3.44. The van der Waals surface area contributed by atoms with E-state index in [4.69, 9.17) is 11.6 Å². The van der Waals surface area contributed by atoms with Gasteiger partial charge < -0.3 is 0 Å². The third kappa shape index (κ3) is 1.50. The van der Waals surface area contributed by atoms with Gasteiger partial charge in [0, 0.05) is 11.6 Å². The minimum Gasteiger partial charge on any atom is -0.252 e. The Labute approximate surface area is 82.9 Å². The molecule has 0 saturated carbocycles.